The number of ether oxygens (including phenoxy) is 3. The average Bonchev–Trinajstić information content (AvgIpc) is 2.96. The Hall–Kier alpha value is -4.70. The van der Waals surface area contributed by atoms with Crippen LogP contribution in [0, 0.1) is 6.92 Å². The molecule has 0 aliphatic carbocycles. The van der Waals surface area contributed by atoms with Crippen molar-refractivity contribution in [2.24, 2.45) is 0 Å². The molecule has 16 heteroatoms. The summed E-state index contributed by atoms with van der Waals surface area (Å²) in [5, 5.41) is 31.8. The summed E-state index contributed by atoms with van der Waals surface area (Å²) < 4.78 is 48.4. The normalized spacial score (nSPS) is 15.4. The van der Waals surface area contributed by atoms with Crippen LogP contribution in [0.1, 0.15) is 18.5 Å². The number of alkyl halides is 3. The smallest absolute Gasteiger partial charge is 0.490 e. The number of hydrogen-bond acceptors (Lipinski definition) is 12. The summed E-state index contributed by atoms with van der Waals surface area (Å²) in [5.41, 5.74) is 1.95. The molecule has 1 unspecified atom stereocenters. The maximum atomic E-state index is 10.6. The Morgan fingerprint density at radius 1 is 1.02 bits per heavy atom. The predicted octanol–water partition coefficient (Wildman–Crippen LogP) is 3.82. The lowest BCUT2D eigenvalue weighted by Gasteiger charge is -2.29. The zero-order valence-corrected chi connectivity index (χ0v) is 24.1. The van der Waals surface area contributed by atoms with Crippen LogP contribution in [0.5, 0.6) is 23.1 Å². The van der Waals surface area contributed by atoms with Crippen molar-refractivity contribution in [2.75, 3.05) is 45.8 Å². The number of nitrogens with one attached hydrogen (secondary N) is 1. The first-order valence-corrected chi connectivity index (χ1v) is 13.4. The summed E-state index contributed by atoms with van der Waals surface area (Å²) in [6.45, 7) is 4.71. The topological polar surface area (TPSA) is 172 Å². The number of aliphatic hydroxyl groups is 1. The molecule has 1 aliphatic rings. The first kappa shape index (κ1) is 32.2. The van der Waals surface area contributed by atoms with Crippen LogP contribution in [0.4, 0.5) is 25.1 Å². The molecular weight excluding hydrogens is 589 g/mol. The number of aromatic nitrogens is 4. The molecule has 0 bridgehead atoms. The maximum absolute atomic E-state index is 10.6. The highest BCUT2D eigenvalue weighted by atomic mass is 19.4. The number of benzene rings is 2. The van der Waals surface area contributed by atoms with Crippen LogP contribution in [0.2, 0.25) is 0 Å². The fourth-order valence-corrected chi connectivity index (χ4v) is 4.53. The second kappa shape index (κ2) is 13.7. The van der Waals surface area contributed by atoms with E-state index in [4.69, 9.17) is 24.1 Å². The van der Waals surface area contributed by atoms with Crippen LogP contribution in [0.25, 0.3) is 21.8 Å². The maximum Gasteiger partial charge on any atom is 0.490 e. The minimum absolute atomic E-state index is 0.168. The Morgan fingerprint density at radius 3 is 2.34 bits per heavy atom. The lowest BCUT2D eigenvalue weighted by atomic mass is 10.1. The van der Waals surface area contributed by atoms with Crippen LogP contribution in [-0.2, 0) is 4.79 Å². The SMILES string of the molecule is COc1cc2nc(Nc3nc(O)c4cc(OCCN5CCCC(O)C5)ccc4n3)nc(C)c2cc1OC.O=C(O)C(F)(F)F. The van der Waals surface area contributed by atoms with E-state index in [0.29, 0.717) is 52.8 Å². The highest BCUT2D eigenvalue weighted by molar-refractivity contribution is 5.87. The zero-order valence-electron chi connectivity index (χ0n) is 24.1. The third-order valence-corrected chi connectivity index (χ3v) is 6.66. The van der Waals surface area contributed by atoms with Gasteiger partial charge >= 0.3 is 12.1 Å². The first-order chi connectivity index (χ1) is 20.9. The van der Waals surface area contributed by atoms with Crippen molar-refractivity contribution in [1.29, 1.82) is 0 Å². The number of nitrogens with zero attached hydrogens (tertiary/aromatic N) is 5. The molecule has 2 aromatic heterocycles. The molecule has 4 aromatic rings. The predicted molar refractivity (Wildman–Crippen MR) is 153 cm³/mol. The van der Waals surface area contributed by atoms with E-state index < -0.39 is 12.1 Å². The first-order valence-electron chi connectivity index (χ1n) is 13.4. The molecule has 13 nitrogen and oxygen atoms in total. The van der Waals surface area contributed by atoms with E-state index in [2.05, 4.69) is 30.2 Å². The van der Waals surface area contributed by atoms with Crippen LogP contribution < -0.4 is 19.5 Å². The zero-order chi connectivity index (χ0) is 32.0. The quantitative estimate of drug-likeness (QED) is 0.224. The van der Waals surface area contributed by atoms with Gasteiger partial charge in [0, 0.05) is 24.5 Å². The number of hydrogen-bond donors (Lipinski definition) is 4. The summed E-state index contributed by atoms with van der Waals surface area (Å²) in [5.74, 6) is -0.708. The fraction of sp³-hybridized carbons (Fsp3) is 0.393. The number of methoxy groups -OCH3 is 2. The summed E-state index contributed by atoms with van der Waals surface area (Å²) in [6.07, 6.45) is -3.50. The van der Waals surface area contributed by atoms with E-state index in [9.17, 15) is 23.4 Å². The fourth-order valence-electron chi connectivity index (χ4n) is 4.53. The van der Waals surface area contributed by atoms with Gasteiger partial charge in [-0.3, -0.25) is 10.2 Å². The molecule has 0 amide bonds. The van der Waals surface area contributed by atoms with Gasteiger partial charge in [0.2, 0.25) is 17.8 Å². The van der Waals surface area contributed by atoms with Gasteiger partial charge in [0.1, 0.15) is 12.4 Å². The van der Waals surface area contributed by atoms with E-state index in [1.165, 1.54) is 0 Å². The van der Waals surface area contributed by atoms with Gasteiger partial charge in [-0.25, -0.2) is 19.7 Å². The Kier molecular flexibility index (Phi) is 10.1. The lowest BCUT2D eigenvalue weighted by Crippen LogP contribution is -2.40. The van der Waals surface area contributed by atoms with Crippen LogP contribution >= 0.6 is 0 Å². The Morgan fingerprint density at radius 2 is 1.68 bits per heavy atom. The molecule has 5 rings (SSSR count). The van der Waals surface area contributed by atoms with Crippen LogP contribution in [0.3, 0.4) is 0 Å². The summed E-state index contributed by atoms with van der Waals surface area (Å²) in [4.78, 5) is 28.8. The number of piperidine rings is 1. The number of aliphatic carboxylic acids is 1. The number of aryl methyl sites for hydroxylation is 1. The monoisotopic (exact) mass is 620 g/mol. The van der Waals surface area contributed by atoms with Gasteiger partial charge in [-0.05, 0) is 50.6 Å². The highest BCUT2D eigenvalue weighted by Gasteiger charge is 2.38. The second-order valence-electron chi connectivity index (χ2n) is 9.78. The molecule has 2 aromatic carbocycles. The number of rotatable bonds is 8. The molecule has 1 saturated heterocycles. The molecule has 0 saturated carbocycles. The third kappa shape index (κ3) is 8.02. The molecular formula is C28H31F3N6O7. The molecule has 0 spiro atoms. The number of carbonyl (C=O) groups is 1. The minimum atomic E-state index is -5.08. The highest BCUT2D eigenvalue weighted by Crippen LogP contribution is 2.33. The van der Waals surface area contributed by atoms with E-state index in [0.717, 1.165) is 37.0 Å². The number of carboxylic acid groups (broad SMARTS) is 1. The van der Waals surface area contributed by atoms with Crippen molar-refractivity contribution in [1.82, 2.24) is 24.8 Å². The largest absolute Gasteiger partial charge is 0.493 e. The van der Waals surface area contributed by atoms with Gasteiger partial charge < -0.3 is 29.5 Å². The van der Waals surface area contributed by atoms with Crippen molar-refractivity contribution >= 4 is 39.7 Å². The van der Waals surface area contributed by atoms with E-state index in [1.807, 2.05) is 13.0 Å². The number of carboxylic acids is 1. The van der Waals surface area contributed by atoms with Gasteiger partial charge in [0.25, 0.3) is 0 Å². The molecule has 236 valence electrons. The average molecular weight is 621 g/mol. The number of β-amino-alcohol motifs (C(OH)–C–C–N with tert-alkyl or cyclic N) is 1. The molecule has 1 fully saturated rings. The van der Waals surface area contributed by atoms with Gasteiger partial charge in [-0.1, -0.05) is 0 Å². The lowest BCUT2D eigenvalue weighted by molar-refractivity contribution is -0.192. The second-order valence-corrected chi connectivity index (χ2v) is 9.78. The van der Waals surface area contributed by atoms with Gasteiger partial charge in [0.05, 0.1) is 42.4 Å². The van der Waals surface area contributed by atoms with Crippen molar-refractivity contribution in [3.05, 3.63) is 36.0 Å². The standard InChI is InChI=1S/C26H30N6O5.C2HF3O2/c1-15-18-12-22(35-2)23(36-3)13-21(18)29-25(27-15)31-26-28-20-7-6-17(11-19(20)24(34)30-26)37-10-9-32-8-4-5-16(33)14-32;3-2(4,5)1(6)7/h6-7,11-13,16,33H,4-5,8-10,14H2,1-3H3,(H2,27,28,29,30,31,34);(H,6,7). The van der Waals surface area contributed by atoms with E-state index in [1.54, 1.807) is 38.5 Å². The number of halogens is 3. The number of anilines is 2. The van der Waals surface area contributed by atoms with Gasteiger partial charge in [0.15, 0.2) is 11.5 Å². The number of likely N-dealkylation sites (tertiary alicyclic amines) is 1. The van der Waals surface area contributed by atoms with Crippen molar-refractivity contribution < 1.29 is 47.5 Å². The Labute approximate surface area is 249 Å². The number of aromatic hydroxyl groups is 1. The summed E-state index contributed by atoms with van der Waals surface area (Å²) in [7, 11) is 3.15. The molecule has 44 heavy (non-hydrogen) atoms. The van der Waals surface area contributed by atoms with Crippen LogP contribution in [-0.4, -0.2) is 98.9 Å². The Bertz CT molecular complexity index is 1640. The van der Waals surface area contributed by atoms with Gasteiger partial charge in [-0.2, -0.15) is 18.2 Å². The summed E-state index contributed by atoms with van der Waals surface area (Å²) >= 11 is 0. The summed E-state index contributed by atoms with van der Waals surface area (Å²) in [6, 6.07) is 8.91. The molecule has 3 heterocycles. The van der Waals surface area contributed by atoms with Crippen molar-refractivity contribution in [3.8, 4) is 23.1 Å². The van der Waals surface area contributed by atoms with E-state index >= 15 is 0 Å². The van der Waals surface area contributed by atoms with Crippen LogP contribution in [0.15, 0.2) is 30.3 Å². The van der Waals surface area contributed by atoms with Gasteiger partial charge in [-0.15, -0.1) is 0 Å². The molecule has 0 radical (unpaired) electrons. The number of fused-ring (bicyclic) bond motifs is 2. The van der Waals surface area contributed by atoms with Crippen molar-refractivity contribution in [3.63, 3.8) is 0 Å². The third-order valence-electron chi connectivity index (χ3n) is 6.66. The minimum Gasteiger partial charge on any atom is -0.493 e. The molecule has 4 N–H and O–H groups in total. The van der Waals surface area contributed by atoms with Crippen molar-refractivity contribution in [2.45, 2.75) is 32.0 Å². The molecule has 1 aliphatic heterocycles. The van der Waals surface area contributed by atoms with E-state index in [-0.39, 0.29) is 17.9 Å². The Balaban J connectivity index is 0.000000566. The molecule has 1 atom stereocenters. The number of aliphatic hydroxyl groups excluding tert-OH is 1.